The maximum atomic E-state index is 10.3. The topological polar surface area (TPSA) is 63.1 Å². The van der Waals surface area contributed by atoms with Gasteiger partial charge in [0.15, 0.2) is 4.34 Å². The highest BCUT2D eigenvalue weighted by Crippen LogP contribution is 2.39. The maximum Gasteiger partial charge on any atom is 0.313 e. The average Bonchev–Trinajstić information content (AvgIpc) is 2.83. The number of hydrogen-bond donors (Lipinski definition) is 1. The van der Waals surface area contributed by atoms with E-state index in [2.05, 4.69) is 9.36 Å². The van der Waals surface area contributed by atoms with Crippen LogP contribution < -0.4 is 0 Å². The summed E-state index contributed by atoms with van der Waals surface area (Å²) in [6.45, 7) is 0. The van der Waals surface area contributed by atoms with Crippen molar-refractivity contribution in [1.29, 1.82) is 0 Å². The largest absolute Gasteiger partial charge is 0.481 e. The Morgan fingerprint density at radius 3 is 3.08 bits per heavy atom. The Morgan fingerprint density at radius 2 is 2.46 bits per heavy atom. The van der Waals surface area contributed by atoms with Crippen molar-refractivity contribution in [3.05, 3.63) is 5.82 Å². The van der Waals surface area contributed by atoms with Crippen LogP contribution in [0.25, 0.3) is 0 Å². The van der Waals surface area contributed by atoms with Gasteiger partial charge in [0.1, 0.15) is 5.82 Å². The highest BCUT2D eigenvalue weighted by atomic mass is 32.2. The molecule has 0 aliphatic heterocycles. The lowest BCUT2D eigenvalue weighted by molar-refractivity contribution is -0.133. The van der Waals surface area contributed by atoms with Crippen LogP contribution in [-0.4, -0.2) is 26.2 Å². The van der Waals surface area contributed by atoms with Gasteiger partial charge in [0.05, 0.1) is 5.75 Å². The minimum atomic E-state index is -0.812. The first kappa shape index (κ1) is 8.96. The van der Waals surface area contributed by atoms with Gasteiger partial charge in [-0.3, -0.25) is 4.79 Å². The summed E-state index contributed by atoms with van der Waals surface area (Å²) >= 11 is 2.54. The normalized spacial score (nSPS) is 16.0. The molecule has 1 N–H and O–H groups in total. The number of carbonyl (C=O) groups is 1. The lowest BCUT2D eigenvalue weighted by Gasteiger charge is -1.88. The SMILES string of the molecule is O=C(O)CSc1nc(C2CC2)ns1. The summed E-state index contributed by atoms with van der Waals surface area (Å²) in [5.74, 6) is 0.709. The van der Waals surface area contributed by atoms with E-state index in [4.69, 9.17) is 5.11 Å². The second kappa shape index (κ2) is 3.63. The average molecular weight is 216 g/mol. The minimum Gasteiger partial charge on any atom is -0.481 e. The molecule has 1 aliphatic carbocycles. The summed E-state index contributed by atoms with van der Waals surface area (Å²) < 4.78 is 4.94. The van der Waals surface area contributed by atoms with Crippen LogP contribution in [0.4, 0.5) is 0 Å². The Kier molecular flexibility index (Phi) is 2.50. The van der Waals surface area contributed by atoms with Crippen LogP contribution in [0.3, 0.4) is 0 Å². The van der Waals surface area contributed by atoms with Crippen LogP contribution in [0.2, 0.25) is 0 Å². The van der Waals surface area contributed by atoms with E-state index in [1.54, 1.807) is 0 Å². The van der Waals surface area contributed by atoms with Gasteiger partial charge in [-0.1, -0.05) is 11.8 Å². The maximum absolute atomic E-state index is 10.3. The highest BCUT2D eigenvalue weighted by molar-refractivity contribution is 8.01. The van der Waals surface area contributed by atoms with Crippen molar-refractivity contribution in [1.82, 2.24) is 9.36 Å². The third-order valence-electron chi connectivity index (χ3n) is 1.68. The summed E-state index contributed by atoms with van der Waals surface area (Å²) in [5.41, 5.74) is 0. The molecule has 70 valence electrons. The first-order chi connectivity index (χ1) is 6.25. The molecule has 6 heteroatoms. The zero-order chi connectivity index (χ0) is 9.26. The smallest absolute Gasteiger partial charge is 0.313 e. The van der Waals surface area contributed by atoms with Crippen LogP contribution in [0.5, 0.6) is 0 Å². The molecule has 0 radical (unpaired) electrons. The molecule has 1 saturated carbocycles. The summed E-state index contributed by atoms with van der Waals surface area (Å²) in [6.07, 6.45) is 2.36. The van der Waals surface area contributed by atoms with Crippen LogP contribution in [0.1, 0.15) is 24.6 Å². The number of carboxylic acids is 1. The molecule has 1 aromatic rings. The lowest BCUT2D eigenvalue weighted by Crippen LogP contribution is -1.97. The third kappa shape index (κ3) is 2.41. The number of thioether (sulfide) groups is 1. The summed E-state index contributed by atoms with van der Waals surface area (Å²) in [4.78, 5) is 14.5. The molecule has 1 heterocycles. The number of nitrogens with zero attached hydrogens (tertiary/aromatic N) is 2. The fraction of sp³-hybridized carbons (Fsp3) is 0.571. The zero-order valence-corrected chi connectivity index (χ0v) is 8.40. The van der Waals surface area contributed by atoms with Crippen LogP contribution in [0, 0.1) is 0 Å². The van der Waals surface area contributed by atoms with E-state index in [9.17, 15) is 4.79 Å². The molecule has 0 saturated heterocycles. The monoisotopic (exact) mass is 216 g/mol. The van der Waals surface area contributed by atoms with Crippen molar-refractivity contribution < 1.29 is 9.90 Å². The van der Waals surface area contributed by atoms with E-state index in [0.29, 0.717) is 5.92 Å². The predicted molar refractivity (Wildman–Crippen MR) is 50.2 cm³/mol. The quantitative estimate of drug-likeness (QED) is 0.774. The van der Waals surface area contributed by atoms with E-state index in [1.807, 2.05) is 0 Å². The lowest BCUT2D eigenvalue weighted by atomic mass is 10.4. The van der Waals surface area contributed by atoms with Crippen LogP contribution >= 0.6 is 23.3 Å². The number of aliphatic carboxylic acids is 1. The predicted octanol–water partition coefficient (Wildman–Crippen LogP) is 1.59. The van der Waals surface area contributed by atoms with E-state index < -0.39 is 5.97 Å². The van der Waals surface area contributed by atoms with Gasteiger partial charge < -0.3 is 5.11 Å². The number of carboxylic acid groups (broad SMARTS) is 1. The molecule has 1 aliphatic rings. The van der Waals surface area contributed by atoms with Gasteiger partial charge in [-0.15, -0.1) is 0 Å². The molecule has 1 fully saturated rings. The molecule has 4 nitrogen and oxygen atoms in total. The molecule has 1 aromatic heterocycles. The summed E-state index contributed by atoms with van der Waals surface area (Å²) in [5, 5.41) is 8.44. The van der Waals surface area contributed by atoms with Gasteiger partial charge in [0, 0.05) is 5.92 Å². The molecule has 0 bridgehead atoms. The third-order valence-corrected chi connectivity index (χ3v) is 3.52. The molecular formula is C7H8N2O2S2. The Bertz CT molecular complexity index is 322. The van der Waals surface area contributed by atoms with Gasteiger partial charge in [-0.25, -0.2) is 4.98 Å². The standard InChI is InChI=1S/C7H8N2O2S2/c10-5(11)3-12-7-8-6(9-13-7)4-1-2-4/h4H,1-3H2,(H,10,11). The van der Waals surface area contributed by atoms with Gasteiger partial charge in [0.2, 0.25) is 0 Å². The molecule has 0 amide bonds. The Labute approximate surface area is 83.5 Å². The Balaban J connectivity index is 1.92. The molecule has 13 heavy (non-hydrogen) atoms. The molecule has 0 unspecified atom stereocenters. The number of hydrogen-bond acceptors (Lipinski definition) is 5. The first-order valence-electron chi connectivity index (χ1n) is 3.94. The van der Waals surface area contributed by atoms with Crippen molar-refractivity contribution >= 4 is 29.3 Å². The molecule has 0 spiro atoms. The molecular weight excluding hydrogens is 208 g/mol. The van der Waals surface area contributed by atoms with Gasteiger partial charge in [-0.05, 0) is 24.4 Å². The second-order valence-electron chi connectivity index (χ2n) is 2.88. The fourth-order valence-corrected chi connectivity index (χ4v) is 2.31. The summed E-state index contributed by atoms with van der Waals surface area (Å²) in [7, 11) is 0. The van der Waals surface area contributed by atoms with Crippen molar-refractivity contribution in [2.75, 3.05) is 5.75 Å². The van der Waals surface area contributed by atoms with Crippen molar-refractivity contribution in [3.63, 3.8) is 0 Å². The molecule has 0 aromatic carbocycles. The van der Waals surface area contributed by atoms with Crippen LogP contribution in [0.15, 0.2) is 4.34 Å². The van der Waals surface area contributed by atoms with Gasteiger partial charge in [-0.2, -0.15) is 4.37 Å². The summed E-state index contributed by atoms with van der Waals surface area (Å²) in [6, 6.07) is 0. The van der Waals surface area contributed by atoms with Gasteiger partial charge >= 0.3 is 5.97 Å². The van der Waals surface area contributed by atoms with Crippen LogP contribution in [-0.2, 0) is 4.79 Å². The van der Waals surface area contributed by atoms with Gasteiger partial charge in [0.25, 0.3) is 0 Å². The Morgan fingerprint density at radius 1 is 1.69 bits per heavy atom. The molecule has 2 rings (SSSR count). The van der Waals surface area contributed by atoms with Crippen molar-refractivity contribution in [3.8, 4) is 0 Å². The van der Waals surface area contributed by atoms with Crippen molar-refractivity contribution in [2.24, 2.45) is 0 Å². The van der Waals surface area contributed by atoms with E-state index in [0.717, 1.165) is 10.2 Å². The number of rotatable bonds is 4. The van der Waals surface area contributed by atoms with E-state index in [1.165, 1.54) is 36.1 Å². The minimum absolute atomic E-state index is 0.0687. The Hall–Kier alpha value is -0.620. The fourth-order valence-electron chi connectivity index (χ4n) is 0.910. The molecule has 0 atom stereocenters. The zero-order valence-electron chi connectivity index (χ0n) is 6.77. The second-order valence-corrected chi connectivity index (χ2v) is 4.85. The van der Waals surface area contributed by atoms with E-state index in [-0.39, 0.29) is 5.75 Å². The van der Waals surface area contributed by atoms with Crippen molar-refractivity contribution in [2.45, 2.75) is 23.1 Å². The highest BCUT2D eigenvalue weighted by Gasteiger charge is 2.27. The number of aromatic nitrogens is 2. The first-order valence-corrected chi connectivity index (χ1v) is 5.70. The van der Waals surface area contributed by atoms with E-state index >= 15 is 0 Å².